The number of phosphoric acid groups is 1. The molecule has 2 rings (SSSR count). The Hall–Kier alpha value is -4.68. The molecule has 20 heteroatoms. The van der Waals surface area contributed by atoms with E-state index in [2.05, 4.69) is 47.9 Å². The molecule has 0 bridgehead atoms. The van der Waals surface area contributed by atoms with E-state index in [1.807, 2.05) is 32.0 Å². The third-order valence-corrected chi connectivity index (χ3v) is 9.29. The van der Waals surface area contributed by atoms with Crippen molar-refractivity contribution >= 4 is 43.3 Å². The van der Waals surface area contributed by atoms with Crippen LogP contribution in [0.25, 0.3) is 0 Å². The average molecular weight is 809 g/mol. The zero-order chi connectivity index (χ0) is 41.8. The molecule has 56 heavy (non-hydrogen) atoms. The van der Waals surface area contributed by atoms with Crippen LogP contribution in [0.2, 0.25) is 0 Å². The Morgan fingerprint density at radius 3 is 2.05 bits per heavy atom. The van der Waals surface area contributed by atoms with E-state index in [1.165, 1.54) is 29.9 Å². The molecule has 6 amide bonds. The quantitative estimate of drug-likeness (QED) is 0.0447. The summed E-state index contributed by atoms with van der Waals surface area (Å²) in [7, 11) is -5.09. The van der Waals surface area contributed by atoms with Crippen LogP contribution in [0.4, 0.5) is 0 Å². The molecule has 0 saturated heterocycles. The van der Waals surface area contributed by atoms with Crippen LogP contribution in [0.3, 0.4) is 0 Å². The third kappa shape index (κ3) is 18.3. The Balaban J connectivity index is 2.07. The summed E-state index contributed by atoms with van der Waals surface area (Å²) in [6.45, 7) is 5.20. The van der Waals surface area contributed by atoms with Gasteiger partial charge in [-0.25, -0.2) is 9.55 Å². The Morgan fingerprint density at radius 1 is 0.875 bits per heavy atom. The van der Waals surface area contributed by atoms with E-state index < -0.39 is 74.2 Å². The number of carbonyl (C=O) groups excluding carboxylic acids is 6. The zero-order valence-corrected chi connectivity index (χ0v) is 33.2. The number of H-pyrrole nitrogens is 1. The fourth-order valence-electron chi connectivity index (χ4n) is 5.79. The van der Waals surface area contributed by atoms with Gasteiger partial charge in [-0.05, 0) is 44.1 Å². The SMILES string of the molecule is CC(=O)N(CCCCCCCc1ccccc1)CC(=O)NC(CC(C)C)C(=O)NC(Cc1cnc[nH]1)C(=O)NC(CO)C(=O)NC(C(N)=O)C(C)OP(=O)(O)O. The normalized spacial score (nSPS) is 14.1. The summed E-state index contributed by atoms with van der Waals surface area (Å²) in [6, 6.07) is 4.24. The van der Waals surface area contributed by atoms with Crippen LogP contribution in [0, 0.1) is 5.92 Å². The van der Waals surface area contributed by atoms with Crippen LogP contribution in [-0.2, 0) is 50.7 Å². The van der Waals surface area contributed by atoms with Gasteiger partial charge in [0, 0.05) is 31.8 Å². The van der Waals surface area contributed by atoms with Gasteiger partial charge in [0.25, 0.3) is 0 Å². The first-order chi connectivity index (χ1) is 26.4. The molecule has 0 aliphatic carbocycles. The number of hydrogen-bond donors (Lipinski definition) is 9. The van der Waals surface area contributed by atoms with Gasteiger partial charge in [0.15, 0.2) is 0 Å². The minimum Gasteiger partial charge on any atom is -0.394 e. The average Bonchev–Trinajstić information content (AvgIpc) is 3.63. The summed E-state index contributed by atoms with van der Waals surface area (Å²) < 4.78 is 15.7. The van der Waals surface area contributed by atoms with E-state index in [9.17, 15) is 38.4 Å². The molecule has 1 aromatic carbocycles. The number of aliphatic hydroxyl groups is 1. The number of phosphoric ester groups is 1. The monoisotopic (exact) mass is 808 g/mol. The summed E-state index contributed by atoms with van der Waals surface area (Å²) in [6.07, 6.45) is 6.82. The van der Waals surface area contributed by atoms with Crippen molar-refractivity contribution in [1.82, 2.24) is 36.1 Å². The molecule has 2 aromatic rings. The van der Waals surface area contributed by atoms with Crippen molar-refractivity contribution in [3.63, 3.8) is 0 Å². The largest absolute Gasteiger partial charge is 0.469 e. The fourth-order valence-corrected chi connectivity index (χ4v) is 6.34. The summed E-state index contributed by atoms with van der Waals surface area (Å²) in [5.41, 5.74) is 6.98. The van der Waals surface area contributed by atoms with E-state index in [1.54, 1.807) is 0 Å². The van der Waals surface area contributed by atoms with Gasteiger partial charge >= 0.3 is 7.82 Å². The molecular formula is C36H57N8O11P. The Bertz CT molecular complexity index is 1610. The number of aromatic nitrogens is 2. The van der Waals surface area contributed by atoms with E-state index in [0.29, 0.717) is 18.7 Å². The smallest absolute Gasteiger partial charge is 0.394 e. The molecule has 19 nitrogen and oxygen atoms in total. The fraction of sp³-hybridized carbons (Fsp3) is 0.583. The minimum absolute atomic E-state index is 0.0886. The topological polar surface area (TPSA) is 295 Å². The van der Waals surface area contributed by atoms with Gasteiger partial charge in [-0.3, -0.25) is 33.3 Å². The number of nitrogens with one attached hydrogen (secondary N) is 5. The standard InChI is InChI=1S/C36H57N8O11P/c1-23(2)17-28(40-31(47)20-44(25(4)46)16-12-7-5-6-9-13-26-14-10-8-11-15-26)34(49)41-29(18-27-19-38-22-39-27)35(50)42-30(21-45)36(51)43-32(33(37)48)24(3)55-56(52,53)54/h8,10-11,14-15,19,22-24,28-30,32,45H,5-7,9,12-13,16-18,20-21H2,1-4H3,(H2,37,48)(H,38,39)(H,40,47)(H,41,49)(H,42,50)(H,43,51)(H2,52,53,54). The Morgan fingerprint density at radius 2 is 1.48 bits per heavy atom. The molecule has 0 aliphatic heterocycles. The number of hydrogen-bond acceptors (Lipinski definition) is 10. The molecule has 1 aromatic heterocycles. The third-order valence-electron chi connectivity index (χ3n) is 8.68. The molecule has 0 spiro atoms. The van der Waals surface area contributed by atoms with Crippen molar-refractivity contribution in [2.45, 2.75) is 109 Å². The summed E-state index contributed by atoms with van der Waals surface area (Å²) in [4.78, 5) is 104. The summed E-state index contributed by atoms with van der Waals surface area (Å²) in [5, 5.41) is 19.6. The van der Waals surface area contributed by atoms with Crippen LogP contribution in [0.5, 0.6) is 0 Å². The van der Waals surface area contributed by atoms with Crippen LogP contribution in [-0.4, -0.2) is 115 Å². The van der Waals surface area contributed by atoms with Crippen molar-refractivity contribution in [2.75, 3.05) is 19.7 Å². The van der Waals surface area contributed by atoms with Crippen molar-refractivity contribution < 1.29 is 52.7 Å². The lowest BCUT2D eigenvalue weighted by Crippen LogP contribution is -2.60. The van der Waals surface area contributed by atoms with Gasteiger partial charge in [0.1, 0.15) is 24.2 Å². The molecule has 5 unspecified atom stereocenters. The van der Waals surface area contributed by atoms with Crippen molar-refractivity contribution in [3.8, 4) is 0 Å². The first-order valence-corrected chi connectivity index (χ1v) is 20.0. The minimum atomic E-state index is -5.09. The van der Waals surface area contributed by atoms with Crippen LogP contribution in [0.15, 0.2) is 42.9 Å². The molecule has 312 valence electrons. The number of imidazole rings is 1. The van der Waals surface area contributed by atoms with Gasteiger partial charge in [-0.1, -0.05) is 63.4 Å². The van der Waals surface area contributed by atoms with Gasteiger partial charge < -0.3 is 51.8 Å². The van der Waals surface area contributed by atoms with Gasteiger partial charge in [0.2, 0.25) is 35.4 Å². The van der Waals surface area contributed by atoms with Crippen molar-refractivity contribution in [3.05, 3.63) is 54.1 Å². The van der Waals surface area contributed by atoms with Gasteiger partial charge in [-0.2, -0.15) is 0 Å². The van der Waals surface area contributed by atoms with Crippen LogP contribution < -0.4 is 27.0 Å². The lowest BCUT2D eigenvalue weighted by Gasteiger charge is -2.27. The molecule has 10 N–H and O–H groups in total. The maximum Gasteiger partial charge on any atom is 0.469 e. The Kier molecular flexibility index (Phi) is 20.4. The lowest BCUT2D eigenvalue weighted by molar-refractivity contribution is -0.137. The number of aliphatic hydroxyl groups excluding tert-OH is 1. The Labute approximate surface area is 326 Å². The van der Waals surface area contributed by atoms with Crippen molar-refractivity contribution in [1.29, 1.82) is 0 Å². The number of nitrogens with two attached hydrogens (primary N) is 1. The van der Waals surface area contributed by atoms with E-state index in [-0.39, 0.29) is 31.2 Å². The number of benzene rings is 1. The van der Waals surface area contributed by atoms with E-state index >= 15 is 0 Å². The summed E-state index contributed by atoms with van der Waals surface area (Å²) in [5.74, 6) is -5.01. The number of unbranched alkanes of at least 4 members (excludes halogenated alkanes) is 4. The number of rotatable bonds is 26. The highest BCUT2D eigenvalue weighted by Crippen LogP contribution is 2.38. The predicted octanol–water partition coefficient (Wildman–Crippen LogP) is -0.0454. The first kappa shape index (κ1) is 47.5. The molecule has 0 aliphatic rings. The maximum atomic E-state index is 13.7. The molecule has 0 saturated carbocycles. The second kappa shape index (κ2) is 24.1. The highest BCUT2D eigenvalue weighted by molar-refractivity contribution is 7.46. The molecule has 0 fully saturated rings. The summed E-state index contributed by atoms with van der Waals surface area (Å²) >= 11 is 0. The number of aromatic amines is 1. The number of amides is 6. The number of aryl methyl sites for hydroxylation is 1. The molecule has 5 atom stereocenters. The first-order valence-electron chi connectivity index (χ1n) is 18.5. The van der Waals surface area contributed by atoms with Crippen LogP contribution >= 0.6 is 7.82 Å². The number of carbonyl (C=O) groups is 6. The zero-order valence-electron chi connectivity index (χ0n) is 32.3. The molecule has 0 radical (unpaired) electrons. The van der Waals surface area contributed by atoms with Crippen molar-refractivity contribution in [2.24, 2.45) is 11.7 Å². The van der Waals surface area contributed by atoms with Gasteiger partial charge in [0.05, 0.1) is 25.6 Å². The lowest BCUT2D eigenvalue weighted by atomic mass is 10.0. The second-order valence-electron chi connectivity index (χ2n) is 14.0. The van der Waals surface area contributed by atoms with Crippen LogP contribution in [0.1, 0.15) is 77.5 Å². The highest BCUT2D eigenvalue weighted by atomic mass is 31.2. The van der Waals surface area contributed by atoms with E-state index in [0.717, 1.165) is 39.0 Å². The molecular weight excluding hydrogens is 751 g/mol. The molecule has 1 heterocycles. The maximum absolute atomic E-state index is 13.7. The number of primary amides is 1. The van der Waals surface area contributed by atoms with Gasteiger partial charge in [-0.15, -0.1) is 0 Å². The second-order valence-corrected chi connectivity index (χ2v) is 15.2. The van der Waals surface area contributed by atoms with E-state index in [4.69, 9.17) is 15.5 Å². The highest BCUT2D eigenvalue weighted by Gasteiger charge is 2.35. The predicted molar refractivity (Wildman–Crippen MR) is 204 cm³/mol. The number of nitrogens with zero attached hydrogens (tertiary/aromatic N) is 2.